The fourth-order valence-corrected chi connectivity index (χ4v) is 2.48. The Morgan fingerprint density at radius 2 is 2.16 bits per heavy atom. The van der Waals surface area contributed by atoms with E-state index in [1.165, 1.54) is 0 Å². The van der Waals surface area contributed by atoms with Gasteiger partial charge >= 0.3 is 0 Å². The minimum atomic E-state index is -0.528. The predicted octanol–water partition coefficient (Wildman–Crippen LogP) is 0.647. The van der Waals surface area contributed by atoms with Gasteiger partial charge in [0.25, 0.3) is 5.91 Å². The third-order valence-corrected chi connectivity index (χ3v) is 3.46. The van der Waals surface area contributed by atoms with Gasteiger partial charge in [-0.25, -0.2) is 0 Å². The molecule has 2 aliphatic rings. The molecule has 0 spiro atoms. The average molecular weight is 262 g/mol. The first-order valence-corrected chi connectivity index (χ1v) is 6.64. The molecule has 0 unspecified atom stereocenters. The van der Waals surface area contributed by atoms with Crippen molar-refractivity contribution in [2.75, 3.05) is 26.2 Å². The van der Waals surface area contributed by atoms with Gasteiger partial charge in [-0.05, 0) is 19.1 Å². The van der Waals surface area contributed by atoms with Crippen LogP contribution >= 0.6 is 0 Å². The van der Waals surface area contributed by atoms with Crippen LogP contribution in [0, 0.1) is 0 Å². The zero-order chi connectivity index (χ0) is 13.2. The summed E-state index contributed by atoms with van der Waals surface area (Å²) in [4.78, 5) is 14.3. The Morgan fingerprint density at radius 1 is 1.37 bits per heavy atom. The molecular weight excluding hydrogens is 244 g/mol. The van der Waals surface area contributed by atoms with Gasteiger partial charge in [-0.3, -0.25) is 4.79 Å². The minimum Gasteiger partial charge on any atom is -0.485 e. The van der Waals surface area contributed by atoms with Gasteiger partial charge in [-0.1, -0.05) is 12.1 Å². The molecule has 0 radical (unpaired) electrons. The number of piperazine rings is 1. The lowest BCUT2D eigenvalue weighted by Gasteiger charge is -2.35. The summed E-state index contributed by atoms with van der Waals surface area (Å²) in [6.45, 7) is 4.64. The number of benzene rings is 1. The fraction of sp³-hybridized carbons (Fsp3) is 0.500. The van der Waals surface area contributed by atoms with Crippen molar-refractivity contribution < 1.29 is 14.3 Å². The second kappa shape index (κ2) is 5.09. The number of hydrogen-bond acceptors (Lipinski definition) is 4. The van der Waals surface area contributed by atoms with Crippen LogP contribution in [0.3, 0.4) is 0 Å². The third kappa shape index (κ3) is 2.51. The number of carbonyl (C=O) groups is 1. The molecule has 1 aromatic carbocycles. The molecule has 1 saturated heterocycles. The molecule has 0 aromatic heterocycles. The monoisotopic (exact) mass is 262 g/mol. The molecule has 19 heavy (non-hydrogen) atoms. The first-order chi connectivity index (χ1) is 9.24. The van der Waals surface area contributed by atoms with Crippen molar-refractivity contribution in [2.45, 2.75) is 19.1 Å². The van der Waals surface area contributed by atoms with E-state index in [0.29, 0.717) is 17.5 Å². The van der Waals surface area contributed by atoms with Gasteiger partial charge in [-0.2, -0.15) is 0 Å². The lowest BCUT2D eigenvalue weighted by atomic mass is 10.2. The lowest BCUT2D eigenvalue weighted by molar-refractivity contribution is -0.142. The van der Waals surface area contributed by atoms with Crippen molar-refractivity contribution in [3.05, 3.63) is 24.3 Å². The van der Waals surface area contributed by atoms with Gasteiger partial charge in [-0.15, -0.1) is 0 Å². The number of hydrogen-bond donors (Lipinski definition) is 1. The summed E-state index contributed by atoms with van der Waals surface area (Å²) in [6, 6.07) is 7.78. The molecule has 5 heteroatoms. The van der Waals surface area contributed by atoms with Crippen LogP contribution in [0.4, 0.5) is 0 Å². The molecule has 2 atom stereocenters. The Morgan fingerprint density at radius 3 is 2.95 bits per heavy atom. The Kier molecular flexibility index (Phi) is 3.29. The molecule has 1 amide bonds. The van der Waals surface area contributed by atoms with Crippen LogP contribution < -0.4 is 14.8 Å². The van der Waals surface area contributed by atoms with Crippen molar-refractivity contribution in [3.63, 3.8) is 0 Å². The van der Waals surface area contributed by atoms with Crippen LogP contribution in [0.1, 0.15) is 6.92 Å². The summed E-state index contributed by atoms with van der Waals surface area (Å²) in [5, 5.41) is 3.32. The molecular formula is C14H18N2O3. The highest BCUT2D eigenvalue weighted by Gasteiger charge is 2.32. The molecule has 102 valence electrons. The molecule has 1 fully saturated rings. The largest absolute Gasteiger partial charge is 0.485 e. The predicted molar refractivity (Wildman–Crippen MR) is 70.4 cm³/mol. The molecule has 5 nitrogen and oxygen atoms in total. The van der Waals surface area contributed by atoms with Gasteiger partial charge in [0.1, 0.15) is 6.61 Å². The number of amides is 1. The van der Waals surface area contributed by atoms with Crippen molar-refractivity contribution in [1.82, 2.24) is 10.2 Å². The zero-order valence-electron chi connectivity index (χ0n) is 11.0. The zero-order valence-corrected chi connectivity index (χ0v) is 11.0. The quantitative estimate of drug-likeness (QED) is 0.807. The molecule has 0 saturated carbocycles. The Bertz CT molecular complexity index is 478. The Balaban J connectivity index is 1.69. The van der Waals surface area contributed by atoms with E-state index in [2.05, 4.69) is 12.2 Å². The summed E-state index contributed by atoms with van der Waals surface area (Å²) >= 11 is 0. The molecule has 0 aliphatic carbocycles. The van der Waals surface area contributed by atoms with E-state index < -0.39 is 6.10 Å². The smallest absolute Gasteiger partial charge is 0.267 e. The number of carbonyl (C=O) groups excluding carboxylic acids is 1. The molecule has 0 bridgehead atoms. The highest BCUT2D eigenvalue weighted by atomic mass is 16.6. The van der Waals surface area contributed by atoms with Crippen LogP contribution in [0.25, 0.3) is 0 Å². The Hall–Kier alpha value is -1.75. The number of nitrogens with zero attached hydrogens (tertiary/aromatic N) is 1. The second-order valence-corrected chi connectivity index (χ2v) is 5.00. The van der Waals surface area contributed by atoms with E-state index in [9.17, 15) is 4.79 Å². The molecule has 2 aliphatic heterocycles. The maximum atomic E-state index is 12.4. The van der Waals surface area contributed by atoms with E-state index in [1.807, 2.05) is 29.2 Å². The van der Waals surface area contributed by atoms with Crippen LogP contribution in [0.15, 0.2) is 24.3 Å². The molecule has 1 aromatic rings. The number of fused-ring (bicyclic) bond motifs is 1. The summed E-state index contributed by atoms with van der Waals surface area (Å²) in [5.41, 5.74) is 0. The number of rotatable bonds is 1. The van der Waals surface area contributed by atoms with E-state index in [1.54, 1.807) is 0 Å². The molecule has 1 N–H and O–H groups in total. The topological polar surface area (TPSA) is 50.8 Å². The van der Waals surface area contributed by atoms with Crippen LogP contribution in [0.2, 0.25) is 0 Å². The van der Waals surface area contributed by atoms with Gasteiger partial charge in [0.2, 0.25) is 6.10 Å². The van der Waals surface area contributed by atoms with Crippen molar-refractivity contribution in [1.29, 1.82) is 0 Å². The first kappa shape index (κ1) is 12.3. The van der Waals surface area contributed by atoms with Crippen LogP contribution in [-0.2, 0) is 4.79 Å². The van der Waals surface area contributed by atoms with E-state index >= 15 is 0 Å². The van der Waals surface area contributed by atoms with Crippen LogP contribution in [-0.4, -0.2) is 49.2 Å². The number of para-hydroxylation sites is 2. The summed E-state index contributed by atoms with van der Waals surface area (Å²) < 4.78 is 11.3. The van der Waals surface area contributed by atoms with Crippen molar-refractivity contribution in [2.24, 2.45) is 0 Å². The van der Waals surface area contributed by atoms with E-state index in [0.717, 1.165) is 19.6 Å². The van der Waals surface area contributed by atoms with Gasteiger partial charge < -0.3 is 19.7 Å². The normalized spacial score (nSPS) is 26.1. The van der Waals surface area contributed by atoms with E-state index in [-0.39, 0.29) is 12.5 Å². The maximum absolute atomic E-state index is 12.4. The highest BCUT2D eigenvalue weighted by Crippen LogP contribution is 2.31. The van der Waals surface area contributed by atoms with E-state index in [4.69, 9.17) is 9.47 Å². The fourth-order valence-electron chi connectivity index (χ4n) is 2.48. The first-order valence-electron chi connectivity index (χ1n) is 6.64. The second-order valence-electron chi connectivity index (χ2n) is 5.00. The van der Waals surface area contributed by atoms with Gasteiger partial charge in [0.15, 0.2) is 11.5 Å². The average Bonchev–Trinajstić information content (AvgIpc) is 2.46. The molecule has 3 rings (SSSR count). The standard InChI is InChI=1S/C14H18N2O3/c1-10-8-16(7-6-15-10)14(17)13-9-18-11-4-2-3-5-12(11)19-13/h2-5,10,13,15H,6-9H2,1H3/t10-,13-/m1/s1. The number of nitrogens with one attached hydrogen (secondary N) is 1. The van der Waals surface area contributed by atoms with Crippen molar-refractivity contribution in [3.8, 4) is 11.5 Å². The molecule has 2 heterocycles. The summed E-state index contributed by atoms with van der Waals surface area (Å²) in [6.07, 6.45) is -0.528. The highest BCUT2D eigenvalue weighted by molar-refractivity contribution is 5.82. The SMILES string of the molecule is C[C@@H]1CN(C(=O)[C@H]2COc3ccccc3O2)CCN1. The van der Waals surface area contributed by atoms with Crippen molar-refractivity contribution >= 4 is 5.91 Å². The lowest BCUT2D eigenvalue weighted by Crippen LogP contribution is -2.55. The summed E-state index contributed by atoms with van der Waals surface area (Å²) in [5.74, 6) is 1.37. The third-order valence-electron chi connectivity index (χ3n) is 3.46. The van der Waals surface area contributed by atoms with Crippen LogP contribution in [0.5, 0.6) is 11.5 Å². The number of ether oxygens (including phenoxy) is 2. The van der Waals surface area contributed by atoms with Gasteiger partial charge in [0.05, 0.1) is 0 Å². The van der Waals surface area contributed by atoms with Gasteiger partial charge in [0, 0.05) is 25.7 Å². The minimum absolute atomic E-state index is 0.0165. The summed E-state index contributed by atoms with van der Waals surface area (Å²) in [7, 11) is 0. The maximum Gasteiger partial charge on any atom is 0.267 e. The Labute approximate surface area is 112 Å².